The number of rotatable bonds is 6. The van der Waals surface area contributed by atoms with E-state index in [0.717, 1.165) is 17.3 Å². The quantitative estimate of drug-likeness (QED) is 0.720. The smallest absolute Gasteiger partial charge is 0.328 e. The van der Waals surface area contributed by atoms with E-state index in [1.165, 1.54) is 0 Å². The van der Waals surface area contributed by atoms with Gasteiger partial charge in [-0.05, 0) is 17.7 Å². The Balaban J connectivity index is 2.47. The van der Waals surface area contributed by atoms with E-state index in [-0.39, 0.29) is 0 Å². The van der Waals surface area contributed by atoms with E-state index in [1.54, 1.807) is 13.2 Å². The molecule has 2 N–H and O–H groups in total. The lowest BCUT2D eigenvalue weighted by atomic mass is 10.2. The highest BCUT2D eigenvalue weighted by Gasteiger charge is 1.94. The van der Waals surface area contributed by atoms with E-state index in [0.29, 0.717) is 13.2 Å². The minimum absolute atomic E-state index is 0.489. The van der Waals surface area contributed by atoms with Crippen molar-refractivity contribution in [2.24, 2.45) is 0 Å². The van der Waals surface area contributed by atoms with Crippen molar-refractivity contribution in [3.8, 4) is 0 Å². The Kier molecular flexibility index (Phi) is 5.08. The first-order valence-corrected chi connectivity index (χ1v) is 4.93. The summed E-state index contributed by atoms with van der Waals surface area (Å²) in [7, 11) is 1.65. The summed E-state index contributed by atoms with van der Waals surface area (Å²) in [4.78, 5) is 10.2. The van der Waals surface area contributed by atoms with Crippen molar-refractivity contribution in [3.63, 3.8) is 0 Å². The van der Waals surface area contributed by atoms with Gasteiger partial charge in [0.1, 0.15) is 0 Å². The molecular weight excluding hydrogens is 206 g/mol. The molecule has 0 radical (unpaired) electrons. The van der Waals surface area contributed by atoms with Crippen LogP contribution in [-0.2, 0) is 16.1 Å². The number of anilines is 1. The lowest BCUT2D eigenvalue weighted by Gasteiger charge is -2.05. The first kappa shape index (κ1) is 12.3. The van der Waals surface area contributed by atoms with Gasteiger partial charge in [-0.15, -0.1) is 0 Å². The maximum absolute atomic E-state index is 10.2. The van der Waals surface area contributed by atoms with Crippen LogP contribution in [0.4, 0.5) is 5.69 Å². The average molecular weight is 221 g/mol. The van der Waals surface area contributed by atoms with Gasteiger partial charge in [0.15, 0.2) is 0 Å². The summed E-state index contributed by atoms with van der Waals surface area (Å²) in [5.74, 6) is -0.935. The maximum Gasteiger partial charge on any atom is 0.328 e. The summed E-state index contributed by atoms with van der Waals surface area (Å²) in [6.07, 6.45) is 2.68. The molecule has 1 aromatic rings. The second-order valence-corrected chi connectivity index (χ2v) is 3.25. The molecule has 16 heavy (non-hydrogen) atoms. The minimum atomic E-state index is -0.935. The molecule has 1 rings (SSSR count). The minimum Gasteiger partial charge on any atom is -0.478 e. The molecule has 0 spiro atoms. The Bertz CT molecular complexity index is 374. The van der Waals surface area contributed by atoms with Gasteiger partial charge in [0, 0.05) is 25.4 Å². The van der Waals surface area contributed by atoms with Gasteiger partial charge in [0.25, 0.3) is 0 Å². The Morgan fingerprint density at radius 3 is 3.06 bits per heavy atom. The monoisotopic (exact) mass is 221 g/mol. The number of methoxy groups -OCH3 is 1. The van der Waals surface area contributed by atoms with Gasteiger partial charge in [-0.1, -0.05) is 18.2 Å². The lowest BCUT2D eigenvalue weighted by Crippen LogP contribution is -2.00. The van der Waals surface area contributed by atoms with E-state index in [1.807, 2.05) is 24.3 Å². The molecule has 4 heteroatoms. The van der Waals surface area contributed by atoms with Crippen LogP contribution >= 0.6 is 0 Å². The third kappa shape index (κ3) is 4.61. The fraction of sp³-hybridized carbons (Fsp3) is 0.250. The van der Waals surface area contributed by atoms with Crippen molar-refractivity contribution < 1.29 is 14.6 Å². The van der Waals surface area contributed by atoms with Crippen LogP contribution in [0.3, 0.4) is 0 Å². The van der Waals surface area contributed by atoms with Gasteiger partial charge >= 0.3 is 5.97 Å². The molecule has 0 aliphatic rings. The van der Waals surface area contributed by atoms with Crippen molar-refractivity contribution in [1.82, 2.24) is 0 Å². The molecule has 0 saturated carbocycles. The number of ether oxygens (including phenoxy) is 1. The average Bonchev–Trinajstić information content (AvgIpc) is 2.25. The molecule has 0 saturated heterocycles. The maximum atomic E-state index is 10.2. The fourth-order valence-corrected chi connectivity index (χ4v) is 1.27. The van der Waals surface area contributed by atoms with Crippen LogP contribution in [-0.4, -0.2) is 24.7 Å². The van der Waals surface area contributed by atoms with Gasteiger partial charge in [-0.25, -0.2) is 4.79 Å². The molecule has 0 unspecified atom stereocenters. The number of hydrogen-bond acceptors (Lipinski definition) is 3. The molecule has 0 fully saturated rings. The first-order chi connectivity index (χ1) is 7.72. The van der Waals surface area contributed by atoms with Crippen LogP contribution in [0.25, 0.3) is 0 Å². The number of hydrogen-bond donors (Lipinski definition) is 2. The number of carbonyl (C=O) groups is 1. The summed E-state index contributed by atoms with van der Waals surface area (Å²) in [5, 5.41) is 11.5. The van der Waals surface area contributed by atoms with Gasteiger partial charge in [0.05, 0.1) is 6.61 Å². The molecule has 0 heterocycles. The molecule has 0 amide bonds. The van der Waals surface area contributed by atoms with Gasteiger partial charge in [-0.3, -0.25) is 0 Å². The number of aliphatic carboxylic acids is 1. The van der Waals surface area contributed by atoms with Crippen molar-refractivity contribution in [1.29, 1.82) is 0 Å². The predicted octanol–water partition coefficient (Wildman–Crippen LogP) is 1.89. The zero-order valence-electron chi connectivity index (χ0n) is 9.14. The summed E-state index contributed by atoms with van der Waals surface area (Å²) in [5.41, 5.74) is 2.03. The molecule has 86 valence electrons. The van der Waals surface area contributed by atoms with Crippen LogP contribution < -0.4 is 5.32 Å². The highest BCUT2D eigenvalue weighted by atomic mass is 16.5. The Morgan fingerprint density at radius 2 is 2.38 bits per heavy atom. The van der Waals surface area contributed by atoms with Crippen LogP contribution in [0.1, 0.15) is 5.56 Å². The van der Waals surface area contributed by atoms with Crippen molar-refractivity contribution in [2.45, 2.75) is 6.61 Å². The number of nitrogens with one attached hydrogen (secondary N) is 1. The number of carboxylic acid groups (broad SMARTS) is 1. The molecule has 0 bridgehead atoms. The predicted molar refractivity (Wildman–Crippen MR) is 62.4 cm³/mol. The van der Waals surface area contributed by atoms with Crippen molar-refractivity contribution in [2.75, 3.05) is 19.0 Å². The number of benzene rings is 1. The van der Waals surface area contributed by atoms with E-state index in [9.17, 15) is 4.79 Å². The van der Waals surface area contributed by atoms with E-state index < -0.39 is 5.97 Å². The molecule has 0 aliphatic carbocycles. The van der Waals surface area contributed by atoms with Gasteiger partial charge in [-0.2, -0.15) is 0 Å². The summed E-state index contributed by atoms with van der Waals surface area (Å²) >= 11 is 0. The molecule has 0 atom stereocenters. The second-order valence-electron chi connectivity index (χ2n) is 3.25. The second kappa shape index (κ2) is 6.63. The third-order valence-electron chi connectivity index (χ3n) is 1.92. The molecular formula is C12H15NO3. The topological polar surface area (TPSA) is 58.6 Å². The normalized spacial score (nSPS) is 10.6. The van der Waals surface area contributed by atoms with Crippen LogP contribution in [0.15, 0.2) is 36.4 Å². The standard InChI is InChI=1S/C12H15NO3/c1-16-9-10-4-2-5-11(8-10)13-7-3-6-12(14)15/h2-6,8,13H,7,9H2,1H3,(H,14,15)/b6-3+. The largest absolute Gasteiger partial charge is 0.478 e. The van der Waals surface area contributed by atoms with Crippen LogP contribution in [0, 0.1) is 0 Å². The summed E-state index contributed by atoms with van der Waals surface area (Å²) in [6.45, 7) is 1.06. The fourth-order valence-electron chi connectivity index (χ4n) is 1.27. The molecule has 0 aliphatic heterocycles. The van der Waals surface area contributed by atoms with E-state index in [2.05, 4.69) is 5.32 Å². The SMILES string of the molecule is COCc1cccc(NC/C=C/C(=O)O)c1. The number of carboxylic acids is 1. The molecule has 0 aromatic heterocycles. The molecule has 4 nitrogen and oxygen atoms in total. The zero-order chi connectivity index (χ0) is 11.8. The highest BCUT2D eigenvalue weighted by Crippen LogP contribution is 2.10. The lowest BCUT2D eigenvalue weighted by molar-refractivity contribution is -0.131. The third-order valence-corrected chi connectivity index (χ3v) is 1.92. The Morgan fingerprint density at radius 1 is 1.56 bits per heavy atom. The molecule has 1 aromatic carbocycles. The zero-order valence-corrected chi connectivity index (χ0v) is 9.14. The van der Waals surface area contributed by atoms with E-state index in [4.69, 9.17) is 9.84 Å². The Hall–Kier alpha value is -1.81. The van der Waals surface area contributed by atoms with E-state index >= 15 is 0 Å². The first-order valence-electron chi connectivity index (χ1n) is 4.93. The Labute approximate surface area is 94.6 Å². The summed E-state index contributed by atoms with van der Waals surface area (Å²) < 4.78 is 5.02. The summed E-state index contributed by atoms with van der Waals surface area (Å²) in [6, 6.07) is 7.80. The van der Waals surface area contributed by atoms with Crippen molar-refractivity contribution >= 4 is 11.7 Å². The van der Waals surface area contributed by atoms with Crippen molar-refractivity contribution in [3.05, 3.63) is 42.0 Å². The van der Waals surface area contributed by atoms with Crippen LogP contribution in [0.5, 0.6) is 0 Å². The van der Waals surface area contributed by atoms with Gasteiger partial charge in [0.2, 0.25) is 0 Å². The van der Waals surface area contributed by atoms with Crippen LogP contribution in [0.2, 0.25) is 0 Å². The van der Waals surface area contributed by atoms with Gasteiger partial charge < -0.3 is 15.2 Å². The highest BCUT2D eigenvalue weighted by molar-refractivity contribution is 5.79.